The molecule has 0 amide bonds. The number of benzene rings is 2. The van der Waals surface area contributed by atoms with Crippen LogP contribution in [0.15, 0.2) is 65.6 Å². The number of nitrogens with zero attached hydrogens (tertiary/aromatic N) is 1. The Balaban J connectivity index is 2.14. The van der Waals surface area contributed by atoms with Gasteiger partial charge in [-0.1, -0.05) is 30.3 Å². The average Bonchev–Trinajstić information content (AvgIpc) is 2.90. The zero-order chi connectivity index (χ0) is 13.9. The summed E-state index contributed by atoms with van der Waals surface area (Å²) in [4.78, 5) is 14.8. The minimum Gasteiger partial charge on any atom is -0.497 e. The van der Waals surface area contributed by atoms with Gasteiger partial charge in [-0.3, -0.25) is 4.57 Å². The van der Waals surface area contributed by atoms with Gasteiger partial charge >= 0.3 is 5.69 Å². The van der Waals surface area contributed by atoms with E-state index in [9.17, 15) is 4.79 Å². The van der Waals surface area contributed by atoms with Gasteiger partial charge in [0.15, 0.2) is 0 Å². The Bertz CT molecular complexity index is 755. The van der Waals surface area contributed by atoms with Crippen LogP contribution in [0, 0.1) is 0 Å². The number of aromatic nitrogens is 2. The van der Waals surface area contributed by atoms with E-state index in [2.05, 4.69) is 4.98 Å². The van der Waals surface area contributed by atoms with Gasteiger partial charge in [-0.15, -0.1) is 0 Å². The molecule has 4 heteroatoms. The van der Waals surface area contributed by atoms with E-state index in [1.165, 1.54) is 0 Å². The van der Waals surface area contributed by atoms with Crippen LogP contribution in [0.4, 0.5) is 0 Å². The lowest BCUT2D eigenvalue weighted by Crippen LogP contribution is -2.15. The summed E-state index contributed by atoms with van der Waals surface area (Å²) >= 11 is 0. The van der Waals surface area contributed by atoms with Gasteiger partial charge in [-0.2, -0.15) is 0 Å². The summed E-state index contributed by atoms with van der Waals surface area (Å²) in [5.74, 6) is 0.763. The fraction of sp³-hybridized carbons (Fsp3) is 0.0625. The number of nitrogens with one attached hydrogen (secondary N) is 1. The van der Waals surface area contributed by atoms with Gasteiger partial charge in [-0.05, 0) is 24.3 Å². The topological polar surface area (TPSA) is 47.0 Å². The van der Waals surface area contributed by atoms with Crippen molar-refractivity contribution in [1.29, 1.82) is 0 Å². The first-order valence-corrected chi connectivity index (χ1v) is 6.30. The molecule has 1 heterocycles. The van der Waals surface area contributed by atoms with Gasteiger partial charge in [0.2, 0.25) is 0 Å². The van der Waals surface area contributed by atoms with Crippen LogP contribution < -0.4 is 10.4 Å². The molecule has 1 aromatic heterocycles. The van der Waals surface area contributed by atoms with Crippen molar-refractivity contribution in [3.8, 4) is 22.7 Å². The van der Waals surface area contributed by atoms with E-state index in [1.54, 1.807) is 17.9 Å². The molecule has 3 rings (SSSR count). The molecule has 0 spiro atoms. The van der Waals surface area contributed by atoms with Crippen molar-refractivity contribution in [1.82, 2.24) is 9.55 Å². The molecular formula is C16H14N2O2. The van der Waals surface area contributed by atoms with E-state index in [0.29, 0.717) is 0 Å². The van der Waals surface area contributed by atoms with Crippen LogP contribution in [-0.4, -0.2) is 16.7 Å². The summed E-state index contributed by atoms with van der Waals surface area (Å²) in [5.41, 5.74) is 2.47. The van der Waals surface area contributed by atoms with Crippen LogP contribution in [0.2, 0.25) is 0 Å². The summed E-state index contributed by atoms with van der Waals surface area (Å²) in [6, 6.07) is 17.2. The largest absolute Gasteiger partial charge is 0.497 e. The molecule has 0 fully saturated rings. The van der Waals surface area contributed by atoms with Crippen LogP contribution in [0.5, 0.6) is 5.75 Å². The first-order valence-electron chi connectivity index (χ1n) is 6.30. The Morgan fingerprint density at radius 2 is 1.70 bits per heavy atom. The normalized spacial score (nSPS) is 10.4. The fourth-order valence-electron chi connectivity index (χ4n) is 2.18. The maximum atomic E-state index is 12.0. The standard InChI is InChI=1S/C16H14N2O2/c1-20-14-9-7-13(8-10-14)18-15(11-17-16(18)19)12-5-3-2-4-6-12/h2-11H,1H3,(H,17,19). The number of rotatable bonds is 3. The van der Waals surface area contributed by atoms with Gasteiger partial charge in [-0.25, -0.2) is 4.79 Å². The highest BCUT2D eigenvalue weighted by atomic mass is 16.5. The summed E-state index contributed by atoms with van der Waals surface area (Å²) in [5, 5.41) is 0. The molecular weight excluding hydrogens is 252 g/mol. The lowest BCUT2D eigenvalue weighted by atomic mass is 10.1. The van der Waals surface area contributed by atoms with Gasteiger partial charge in [0.1, 0.15) is 5.75 Å². The van der Waals surface area contributed by atoms with E-state index >= 15 is 0 Å². The van der Waals surface area contributed by atoms with E-state index in [0.717, 1.165) is 22.7 Å². The highest BCUT2D eigenvalue weighted by Gasteiger charge is 2.10. The van der Waals surface area contributed by atoms with Crippen molar-refractivity contribution >= 4 is 0 Å². The molecule has 20 heavy (non-hydrogen) atoms. The lowest BCUT2D eigenvalue weighted by Gasteiger charge is -2.08. The Morgan fingerprint density at radius 1 is 1.00 bits per heavy atom. The smallest absolute Gasteiger partial charge is 0.330 e. The number of methoxy groups -OCH3 is 1. The third-order valence-electron chi connectivity index (χ3n) is 3.18. The molecule has 0 aliphatic carbocycles. The monoisotopic (exact) mass is 266 g/mol. The van der Waals surface area contributed by atoms with E-state index < -0.39 is 0 Å². The summed E-state index contributed by atoms with van der Waals surface area (Å²) in [6.07, 6.45) is 1.72. The Morgan fingerprint density at radius 3 is 2.35 bits per heavy atom. The van der Waals surface area contributed by atoms with Crippen molar-refractivity contribution in [2.75, 3.05) is 7.11 Å². The molecule has 0 radical (unpaired) electrons. The Kier molecular flexibility index (Phi) is 3.13. The van der Waals surface area contributed by atoms with Crippen molar-refractivity contribution in [3.63, 3.8) is 0 Å². The van der Waals surface area contributed by atoms with Gasteiger partial charge in [0, 0.05) is 11.8 Å². The van der Waals surface area contributed by atoms with E-state index in [-0.39, 0.29) is 5.69 Å². The van der Waals surface area contributed by atoms with E-state index in [1.807, 2.05) is 54.6 Å². The minimum absolute atomic E-state index is 0.158. The van der Waals surface area contributed by atoms with Gasteiger partial charge < -0.3 is 9.72 Å². The number of hydrogen-bond acceptors (Lipinski definition) is 2. The fourth-order valence-corrected chi connectivity index (χ4v) is 2.18. The van der Waals surface area contributed by atoms with Crippen molar-refractivity contribution < 1.29 is 4.74 Å². The number of hydrogen-bond donors (Lipinski definition) is 1. The average molecular weight is 266 g/mol. The molecule has 0 saturated heterocycles. The number of imidazole rings is 1. The zero-order valence-electron chi connectivity index (χ0n) is 11.0. The maximum Gasteiger partial charge on any atom is 0.330 e. The third kappa shape index (κ3) is 2.12. The summed E-state index contributed by atoms with van der Waals surface area (Å²) in [6.45, 7) is 0. The molecule has 0 bridgehead atoms. The van der Waals surface area contributed by atoms with Gasteiger partial charge in [0.05, 0.1) is 18.5 Å². The molecule has 0 aliphatic rings. The van der Waals surface area contributed by atoms with Crippen molar-refractivity contribution in [2.45, 2.75) is 0 Å². The molecule has 3 aromatic rings. The predicted octanol–water partition coefficient (Wildman–Crippen LogP) is 2.84. The molecule has 0 saturated carbocycles. The van der Waals surface area contributed by atoms with Crippen LogP contribution >= 0.6 is 0 Å². The van der Waals surface area contributed by atoms with Crippen LogP contribution in [0.25, 0.3) is 16.9 Å². The minimum atomic E-state index is -0.158. The first-order chi connectivity index (χ1) is 9.79. The SMILES string of the molecule is COc1ccc(-n2c(-c3ccccc3)c[nH]c2=O)cc1. The second kappa shape index (κ2) is 5.09. The first kappa shape index (κ1) is 12.3. The van der Waals surface area contributed by atoms with Crippen LogP contribution in [-0.2, 0) is 0 Å². The Labute approximate surface area is 116 Å². The predicted molar refractivity (Wildman–Crippen MR) is 78.4 cm³/mol. The molecule has 0 aliphatic heterocycles. The van der Waals surface area contributed by atoms with Crippen molar-refractivity contribution in [3.05, 3.63) is 71.3 Å². The van der Waals surface area contributed by atoms with Crippen LogP contribution in [0.3, 0.4) is 0 Å². The molecule has 0 unspecified atom stereocenters. The maximum absolute atomic E-state index is 12.0. The summed E-state index contributed by atoms with van der Waals surface area (Å²) < 4.78 is 6.78. The molecule has 4 nitrogen and oxygen atoms in total. The molecule has 100 valence electrons. The molecule has 0 atom stereocenters. The van der Waals surface area contributed by atoms with E-state index in [4.69, 9.17) is 4.74 Å². The number of aromatic amines is 1. The van der Waals surface area contributed by atoms with Gasteiger partial charge in [0.25, 0.3) is 0 Å². The zero-order valence-corrected chi connectivity index (χ0v) is 11.0. The highest BCUT2D eigenvalue weighted by molar-refractivity contribution is 5.61. The van der Waals surface area contributed by atoms with Crippen LogP contribution in [0.1, 0.15) is 0 Å². The second-order valence-corrected chi connectivity index (χ2v) is 4.38. The summed E-state index contributed by atoms with van der Waals surface area (Å²) in [7, 11) is 1.62. The molecule has 2 aromatic carbocycles. The number of H-pyrrole nitrogens is 1. The number of ether oxygens (including phenoxy) is 1. The highest BCUT2D eigenvalue weighted by Crippen LogP contribution is 2.21. The second-order valence-electron chi connectivity index (χ2n) is 4.38. The lowest BCUT2D eigenvalue weighted by molar-refractivity contribution is 0.414. The molecule has 1 N–H and O–H groups in total. The Hall–Kier alpha value is -2.75. The van der Waals surface area contributed by atoms with Crippen molar-refractivity contribution in [2.24, 2.45) is 0 Å². The quantitative estimate of drug-likeness (QED) is 0.792. The third-order valence-corrected chi connectivity index (χ3v) is 3.18.